The Balaban J connectivity index is 1.07. The van der Waals surface area contributed by atoms with Crippen molar-refractivity contribution in [1.82, 2.24) is 5.32 Å². The van der Waals surface area contributed by atoms with Gasteiger partial charge in [-0.05, 0) is 124 Å². The van der Waals surface area contributed by atoms with Crippen LogP contribution in [0.5, 0.6) is 0 Å². The first-order valence-corrected chi connectivity index (χ1v) is 11.4. The molecule has 0 aliphatic heterocycles. The summed E-state index contributed by atoms with van der Waals surface area (Å²) in [7, 11) is 0. The van der Waals surface area contributed by atoms with E-state index in [1.807, 2.05) is 0 Å². The summed E-state index contributed by atoms with van der Waals surface area (Å²) < 4.78 is 0. The van der Waals surface area contributed by atoms with E-state index in [0.717, 1.165) is 47.8 Å². The van der Waals surface area contributed by atoms with Crippen LogP contribution < -0.4 is 5.32 Å². The molecule has 0 heterocycles. The molecule has 8 saturated carbocycles. The highest BCUT2D eigenvalue weighted by Gasteiger charge is 2.51. The normalized spacial score (nSPS) is 54.9. The summed E-state index contributed by atoms with van der Waals surface area (Å²) in [5.41, 5.74) is 0.566. The Morgan fingerprint density at radius 3 is 1.72 bits per heavy atom. The molecule has 25 heavy (non-hydrogen) atoms. The third kappa shape index (κ3) is 2.60. The predicted molar refractivity (Wildman–Crippen MR) is 98.8 cm³/mol. The lowest BCUT2D eigenvalue weighted by molar-refractivity contribution is -0.127. The average Bonchev–Trinajstić information content (AvgIpc) is 2.54. The Bertz CT molecular complexity index is 503. The molecule has 0 aromatic heterocycles. The molecule has 8 aliphatic rings. The molecular formula is C23H35NO. The fraction of sp³-hybridized carbons (Fsp3) is 0.957. The first-order chi connectivity index (χ1) is 12.1. The molecule has 0 atom stereocenters. The molecule has 8 aliphatic carbocycles. The van der Waals surface area contributed by atoms with E-state index >= 15 is 0 Å². The molecule has 0 spiro atoms. The third-order valence-electron chi connectivity index (χ3n) is 9.60. The van der Waals surface area contributed by atoms with Crippen molar-refractivity contribution in [1.29, 1.82) is 0 Å². The van der Waals surface area contributed by atoms with Crippen molar-refractivity contribution in [2.24, 2.45) is 46.8 Å². The Kier molecular flexibility index (Phi) is 3.41. The SMILES string of the molecule is O=C(CCC12CC3CC(CC(C3)C1)C2)NC1C2CC3CC(C2)CC1C3. The Labute approximate surface area is 152 Å². The van der Waals surface area contributed by atoms with Crippen LogP contribution in [0.2, 0.25) is 0 Å². The minimum Gasteiger partial charge on any atom is -0.353 e. The van der Waals surface area contributed by atoms with Gasteiger partial charge in [-0.1, -0.05) is 0 Å². The molecular weight excluding hydrogens is 306 g/mol. The van der Waals surface area contributed by atoms with Gasteiger partial charge in [0.25, 0.3) is 0 Å². The molecule has 0 unspecified atom stereocenters. The number of nitrogens with one attached hydrogen (secondary N) is 1. The van der Waals surface area contributed by atoms with Gasteiger partial charge in [-0.15, -0.1) is 0 Å². The second-order valence-corrected chi connectivity index (χ2v) is 11.4. The molecule has 0 saturated heterocycles. The van der Waals surface area contributed by atoms with Crippen molar-refractivity contribution in [2.45, 2.75) is 89.5 Å². The van der Waals surface area contributed by atoms with Crippen LogP contribution in [0.15, 0.2) is 0 Å². The van der Waals surface area contributed by atoms with Gasteiger partial charge in [0.1, 0.15) is 0 Å². The van der Waals surface area contributed by atoms with Crippen molar-refractivity contribution in [3.63, 3.8) is 0 Å². The molecule has 0 aromatic carbocycles. The number of rotatable bonds is 4. The first kappa shape index (κ1) is 15.5. The maximum absolute atomic E-state index is 12.8. The number of carbonyl (C=O) groups is 1. The van der Waals surface area contributed by atoms with E-state index in [1.54, 1.807) is 0 Å². The number of hydrogen-bond acceptors (Lipinski definition) is 1. The predicted octanol–water partition coefficient (Wildman–Crippen LogP) is 4.92. The standard InChI is InChI=1S/C23H35NO/c25-21(24-22-19-7-14-3-15(9-19)10-20(22)8-14)1-2-23-11-16-4-17(12-23)6-18(5-16)13-23/h14-20,22H,1-13H2,(H,24,25). The second-order valence-electron chi connectivity index (χ2n) is 11.4. The van der Waals surface area contributed by atoms with Crippen LogP contribution in [0.3, 0.4) is 0 Å². The largest absolute Gasteiger partial charge is 0.353 e. The lowest BCUT2D eigenvalue weighted by Crippen LogP contribution is -2.56. The van der Waals surface area contributed by atoms with Crippen molar-refractivity contribution < 1.29 is 4.79 Å². The molecule has 1 amide bonds. The monoisotopic (exact) mass is 341 g/mol. The molecule has 8 rings (SSSR count). The topological polar surface area (TPSA) is 29.1 Å². The highest BCUT2D eigenvalue weighted by Crippen LogP contribution is 2.61. The molecule has 2 heteroatoms. The molecule has 8 bridgehead atoms. The molecule has 2 nitrogen and oxygen atoms in total. The van der Waals surface area contributed by atoms with Gasteiger partial charge in [0.2, 0.25) is 5.91 Å². The maximum atomic E-state index is 12.8. The summed E-state index contributed by atoms with van der Waals surface area (Å²) in [5.74, 6) is 7.08. The Morgan fingerprint density at radius 2 is 1.20 bits per heavy atom. The molecule has 138 valence electrons. The fourth-order valence-corrected chi connectivity index (χ4v) is 9.39. The van der Waals surface area contributed by atoms with Crippen LogP contribution in [-0.2, 0) is 4.79 Å². The van der Waals surface area contributed by atoms with E-state index in [9.17, 15) is 4.79 Å². The number of hydrogen-bond donors (Lipinski definition) is 1. The Hall–Kier alpha value is -0.530. The van der Waals surface area contributed by atoms with E-state index in [2.05, 4.69) is 5.32 Å². The van der Waals surface area contributed by atoms with Crippen molar-refractivity contribution >= 4 is 5.91 Å². The summed E-state index contributed by atoms with van der Waals surface area (Å²) in [6.45, 7) is 0. The number of amides is 1. The first-order valence-electron chi connectivity index (χ1n) is 11.4. The minimum absolute atomic E-state index is 0.396. The van der Waals surface area contributed by atoms with Crippen molar-refractivity contribution in [3.8, 4) is 0 Å². The van der Waals surface area contributed by atoms with Crippen LogP contribution in [0.4, 0.5) is 0 Å². The summed E-state index contributed by atoms with van der Waals surface area (Å²) in [6, 6.07) is 0.539. The molecule has 0 aromatic rings. The summed E-state index contributed by atoms with van der Waals surface area (Å²) >= 11 is 0. The van der Waals surface area contributed by atoms with Gasteiger partial charge in [-0.2, -0.15) is 0 Å². The zero-order valence-electron chi connectivity index (χ0n) is 15.7. The summed E-state index contributed by atoms with van der Waals surface area (Å²) in [5, 5.41) is 3.56. The van der Waals surface area contributed by atoms with Gasteiger partial charge in [-0.25, -0.2) is 0 Å². The van der Waals surface area contributed by atoms with Crippen LogP contribution in [-0.4, -0.2) is 11.9 Å². The van der Waals surface area contributed by atoms with E-state index in [-0.39, 0.29) is 0 Å². The van der Waals surface area contributed by atoms with Gasteiger partial charge in [-0.3, -0.25) is 4.79 Å². The molecule has 8 fully saturated rings. The van der Waals surface area contributed by atoms with Gasteiger partial charge >= 0.3 is 0 Å². The summed E-state index contributed by atoms with van der Waals surface area (Å²) in [4.78, 5) is 12.8. The van der Waals surface area contributed by atoms with Crippen molar-refractivity contribution in [3.05, 3.63) is 0 Å². The Morgan fingerprint density at radius 1 is 0.720 bits per heavy atom. The van der Waals surface area contributed by atoms with E-state index in [4.69, 9.17) is 0 Å². The quantitative estimate of drug-likeness (QED) is 0.772. The lowest BCUT2D eigenvalue weighted by Gasteiger charge is -2.57. The fourth-order valence-electron chi connectivity index (χ4n) is 9.39. The van der Waals surface area contributed by atoms with Gasteiger partial charge in [0.05, 0.1) is 0 Å². The third-order valence-corrected chi connectivity index (χ3v) is 9.60. The van der Waals surface area contributed by atoms with Crippen molar-refractivity contribution in [2.75, 3.05) is 0 Å². The highest BCUT2D eigenvalue weighted by atomic mass is 16.1. The van der Waals surface area contributed by atoms with E-state index < -0.39 is 0 Å². The minimum atomic E-state index is 0.396. The zero-order chi connectivity index (χ0) is 16.6. The van der Waals surface area contributed by atoms with Crippen LogP contribution in [0.25, 0.3) is 0 Å². The second kappa shape index (κ2) is 5.49. The highest BCUT2D eigenvalue weighted by molar-refractivity contribution is 5.76. The van der Waals surface area contributed by atoms with Crippen LogP contribution in [0, 0.1) is 46.8 Å². The smallest absolute Gasteiger partial charge is 0.220 e. The molecule has 0 radical (unpaired) electrons. The van der Waals surface area contributed by atoms with E-state index in [0.29, 0.717) is 17.4 Å². The zero-order valence-corrected chi connectivity index (χ0v) is 15.7. The van der Waals surface area contributed by atoms with E-state index in [1.165, 1.54) is 77.0 Å². The lowest BCUT2D eigenvalue weighted by atomic mass is 9.48. The molecule has 1 N–H and O–H groups in total. The van der Waals surface area contributed by atoms with Gasteiger partial charge in [0, 0.05) is 12.5 Å². The van der Waals surface area contributed by atoms with Crippen LogP contribution in [0.1, 0.15) is 83.5 Å². The van der Waals surface area contributed by atoms with Gasteiger partial charge in [0.15, 0.2) is 0 Å². The van der Waals surface area contributed by atoms with Crippen LogP contribution >= 0.6 is 0 Å². The average molecular weight is 342 g/mol. The number of carbonyl (C=O) groups excluding carboxylic acids is 1. The summed E-state index contributed by atoms with van der Waals surface area (Å²) in [6.07, 6.45) is 18.0. The van der Waals surface area contributed by atoms with Gasteiger partial charge < -0.3 is 5.32 Å². The maximum Gasteiger partial charge on any atom is 0.220 e.